The normalized spacial score (nSPS) is 14.0. The summed E-state index contributed by atoms with van der Waals surface area (Å²) in [5, 5.41) is 0. The molecule has 4 heteroatoms. The molecular formula is C133H102N4. The number of anilines is 12. The van der Waals surface area contributed by atoms with E-state index in [9.17, 15) is 0 Å². The molecule has 22 rings (SSSR count). The lowest BCUT2D eigenvalue weighted by molar-refractivity contribution is 0.500. The second-order valence-electron chi connectivity index (χ2n) is 36.4. The van der Waals surface area contributed by atoms with Crippen LogP contribution < -0.4 is 19.6 Å². The zero-order chi connectivity index (χ0) is 92.1. The molecule has 0 radical (unpaired) electrons. The summed E-state index contributed by atoms with van der Waals surface area (Å²) in [5.74, 6) is -0.0431. The largest absolute Gasteiger partial charge is 0.311 e. The maximum Gasteiger partial charge on any atom is 0.0541 e. The minimum absolute atomic E-state index is 0.0431. The van der Waals surface area contributed by atoms with Gasteiger partial charge < -0.3 is 19.6 Å². The number of hydrogen-bond donors (Lipinski definition) is 0. The van der Waals surface area contributed by atoms with E-state index in [4.69, 9.17) is 0 Å². The Morgan fingerprint density at radius 1 is 0.190 bits per heavy atom. The smallest absolute Gasteiger partial charge is 0.0541 e. The van der Waals surface area contributed by atoms with Crippen LogP contribution in [0.4, 0.5) is 68.2 Å². The highest BCUT2D eigenvalue weighted by Crippen LogP contribution is 2.68. The molecule has 19 aromatic carbocycles. The highest BCUT2D eigenvalue weighted by molar-refractivity contribution is 5.99. The first-order chi connectivity index (χ1) is 67.5. The van der Waals surface area contributed by atoms with E-state index in [1.165, 1.54) is 94.6 Å². The van der Waals surface area contributed by atoms with Gasteiger partial charge in [0.25, 0.3) is 0 Å². The van der Waals surface area contributed by atoms with Crippen LogP contribution in [0.3, 0.4) is 0 Å². The van der Waals surface area contributed by atoms with Gasteiger partial charge >= 0.3 is 0 Å². The van der Waals surface area contributed by atoms with Crippen LogP contribution in [0.5, 0.6) is 0 Å². The molecule has 0 N–H and O–H groups in total. The van der Waals surface area contributed by atoms with Crippen LogP contribution in [-0.2, 0) is 5.41 Å². The molecule has 4 nitrogen and oxygen atoms in total. The standard InChI is InChI=1S/C133H102N4/c1-93-25-61-113(62-26-93)134(117-69-41-101(42-70-117)37-33-97-17-9-5-10-18-97)121-77-49-105(50-78-121)109-57-85-125-126-86-58-110(106-51-79-122(80-52-106)135(114-63-27-94(2)28-64-114)118-71-43-102(44-72-118)38-34-98-19-11-6-12-20-98)90-130(126)133(129(125)89-109)131-91-111(107-53-81-123(82-54-107)136(115-65-29-95(3)30-66-115)119-73-45-103(46-74-119)39-35-99-21-13-7-14-22-99)59-87-127(131)128-88-60-112(92-132(128)133)108-55-83-124(84-56-108)137(116-67-31-96(4)32-68-116)120-75-47-104(48-76-120)40-36-100-23-15-8-16-24-100/h5-91,132H,92H2,1-4H3. The molecule has 19 aromatic rings. The number of fused-ring (bicyclic) bond motifs is 10. The fourth-order valence-electron chi connectivity index (χ4n) is 20.2. The molecule has 0 aliphatic heterocycles. The van der Waals surface area contributed by atoms with Crippen molar-refractivity contribution in [3.05, 3.63) is 574 Å². The SMILES string of the molecule is Cc1ccc(N(c2ccc(C=Cc3ccccc3)cc2)c2ccc(C3=CC=C4c5ccc(-c6ccc(N(c7ccc(C)cc7)c7ccc(C=Cc8ccccc8)cc7)cc6)cc5C5(c6cc(-c7ccc(N(c8ccc(C)cc8)c8ccc(C=Cc9ccccc9)cc8)cc7)ccc6-c6ccc(-c7ccc(N(c8ccc(C)cc8)c8ccc(C=Cc9ccccc9)cc8)cc7)cc65)C4C3)cc2)cc1. The molecule has 3 aliphatic rings. The summed E-state index contributed by atoms with van der Waals surface area (Å²) in [7, 11) is 0. The summed E-state index contributed by atoms with van der Waals surface area (Å²) < 4.78 is 0. The van der Waals surface area contributed by atoms with Gasteiger partial charge in [0.05, 0.1) is 5.41 Å². The molecule has 1 unspecified atom stereocenters. The molecule has 0 saturated heterocycles. The lowest BCUT2D eigenvalue weighted by Gasteiger charge is -2.38. The first-order valence-corrected chi connectivity index (χ1v) is 47.5. The van der Waals surface area contributed by atoms with E-state index in [1.807, 2.05) is 0 Å². The van der Waals surface area contributed by atoms with Crippen molar-refractivity contribution in [3.8, 4) is 44.5 Å². The summed E-state index contributed by atoms with van der Waals surface area (Å²) in [6.07, 6.45) is 23.2. The predicted octanol–water partition coefficient (Wildman–Crippen LogP) is 36.3. The first kappa shape index (κ1) is 85.3. The van der Waals surface area contributed by atoms with Crippen molar-refractivity contribution in [2.24, 2.45) is 5.92 Å². The van der Waals surface area contributed by atoms with Gasteiger partial charge in [-0.15, -0.1) is 0 Å². The highest BCUT2D eigenvalue weighted by Gasteiger charge is 2.57. The summed E-state index contributed by atoms with van der Waals surface area (Å²) in [6.45, 7) is 8.63. The summed E-state index contributed by atoms with van der Waals surface area (Å²) in [6, 6.07) is 173. The van der Waals surface area contributed by atoms with Crippen LogP contribution in [0.15, 0.2) is 479 Å². The Labute approximate surface area is 805 Å². The maximum atomic E-state index is 2.59. The Hall–Kier alpha value is -17.2. The molecule has 0 aromatic heterocycles. The van der Waals surface area contributed by atoms with Crippen molar-refractivity contribution in [1.29, 1.82) is 0 Å². The summed E-state index contributed by atoms with van der Waals surface area (Å²) >= 11 is 0. The Kier molecular flexibility index (Phi) is 23.6. The highest BCUT2D eigenvalue weighted by atomic mass is 15.2. The van der Waals surface area contributed by atoms with Gasteiger partial charge in [0.15, 0.2) is 0 Å². The Balaban J connectivity index is 0.683. The van der Waals surface area contributed by atoms with Gasteiger partial charge in [-0.2, -0.15) is 0 Å². The van der Waals surface area contributed by atoms with Crippen LogP contribution in [0.1, 0.15) is 101 Å². The van der Waals surface area contributed by atoms with Crippen LogP contribution >= 0.6 is 0 Å². The third-order valence-electron chi connectivity index (χ3n) is 27.4. The first-order valence-electron chi connectivity index (χ1n) is 47.5. The molecule has 0 amide bonds. The zero-order valence-corrected chi connectivity index (χ0v) is 77.3. The predicted molar refractivity (Wildman–Crippen MR) is 584 cm³/mol. The lowest BCUT2D eigenvalue weighted by Crippen LogP contribution is -2.33. The maximum absolute atomic E-state index is 2.59. The minimum atomic E-state index is -0.710. The van der Waals surface area contributed by atoms with Crippen molar-refractivity contribution < 1.29 is 0 Å². The van der Waals surface area contributed by atoms with Crippen LogP contribution in [-0.4, -0.2) is 0 Å². The topological polar surface area (TPSA) is 13.0 Å². The van der Waals surface area contributed by atoms with Crippen LogP contribution in [0, 0.1) is 33.6 Å². The van der Waals surface area contributed by atoms with E-state index in [2.05, 4.69) is 575 Å². The van der Waals surface area contributed by atoms with E-state index >= 15 is 0 Å². The van der Waals surface area contributed by atoms with Crippen molar-refractivity contribution >= 4 is 128 Å². The third kappa shape index (κ3) is 17.7. The quantitative estimate of drug-likeness (QED) is 0.0559. The zero-order valence-electron chi connectivity index (χ0n) is 77.3. The number of benzene rings is 19. The van der Waals surface area contributed by atoms with Crippen LogP contribution in [0.25, 0.3) is 104 Å². The number of nitrogens with zero attached hydrogens (tertiary/aromatic N) is 4. The third-order valence-corrected chi connectivity index (χ3v) is 27.4. The average Bonchev–Trinajstić information content (AvgIpc) is 1.50. The van der Waals surface area contributed by atoms with Gasteiger partial charge in [0, 0.05) is 74.2 Å². The Morgan fingerprint density at radius 3 is 0.635 bits per heavy atom. The molecule has 3 aliphatic carbocycles. The molecule has 654 valence electrons. The summed E-state index contributed by atoms with van der Waals surface area (Å²) in [5.41, 5.74) is 44.8. The van der Waals surface area contributed by atoms with Gasteiger partial charge in [0.1, 0.15) is 0 Å². The molecule has 0 heterocycles. The van der Waals surface area contributed by atoms with Gasteiger partial charge in [-0.05, 0) is 326 Å². The van der Waals surface area contributed by atoms with E-state index in [0.29, 0.717) is 0 Å². The molecule has 0 saturated carbocycles. The fourth-order valence-corrected chi connectivity index (χ4v) is 20.2. The molecule has 1 spiro atoms. The van der Waals surface area contributed by atoms with E-state index in [0.717, 1.165) is 130 Å². The molecule has 137 heavy (non-hydrogen) atoms. The van der Waals surface area contributed by atoms with E-state index < -0.39 is 5.41 Å². The fraction of sp³-hybridized carbons (Fsp3) is 0.0526. The Bertz CT molecular complexity index is 7500. The van der Waals surface area contributed by atoms with Gasteiger partial charge in [-0.1, -0.05) is 386 Å². The van der Waals surface area contributed by atoms with Crippen molar-refractivity contribution in [1.82, 2.24) is 0 Å². The second-order valence-corrected chi connectivity index (χ2v) is 36.4. The number of hydrogen-bond acceptors (Lipinski definition) is 4. The Morgan fingerprint density at radius 2 is 0.387 bits per heavy atom. The average molecular weight is 1760 g/mol. The molecule has 0 bridgehead atoms. The summed E-state index contributed by atoms with van der Waals surface area (Å²) in [4.78, 5) is 9.52. The van der Waals surface area contributed by atoms with E-state index in [-0.39, 0.29) is 5.92 Å². The van der Waals surface area contributed by atoms with Crippen molar-refractivity contribution in [2.75, 3.05) is 19.6 Å². The number of aryl methyl sites for hydroxylation is 4. The van der Waals surface area contributed by atoms with Crippen molar-refractivity contribution in [2.45, 2.75) is 39.5 Å². The second kappa shape index (κ2) is 37.8. The van der Waals surface area contributed by atoms with Crippen LogP contribution in [0.2, 0.25) is 0 Å². The van der Waals surface area contributed by atoms with Gasteiger partial charge in [-0.25, -0.2) is 0 Å². The van der Waals surface area contributed by atoms with Crippen molar-refractivity contribution in [3.63, 3.8) is 0 Å². The molecule has 0 fully saturated rings. The lowest BCUT2D eigenvalue weighted by atomic mass is 9.63. The monoisotopic (exact) mass is 1750 g/mol. The van der Waals surface area contributed by atoms with Gasteiger partial charge in [-0.3, -0.25) is 0 Å². The number of allylic oxidation sites excluding steroid dienone is 4. The number of rotatable bonds is 24. The molecule has 1 atom stereocenters. The minimum Gasteiger partial charge on any atom is -0.311 e. The molecular weight excluding hydrogens is 1650 g/mol. The van der Waals surface area contributed by atoms with E-state index in [1.54, 1.807) is 0 Å². The van der Waals surface area contributed by atoms with Gasteiger partial charge in [0.2, 0.25) is 0 Å².